The molecule has 14 heavy (non-hydrogen) atoms. The Morgan fingerprint density at radius 3 is 2.64 bits per heavy atom. The van der Waals surface area contributed by atoms with E-state index in [2.05, 4.69) is 5.32 Å². The SMILES string of the molecule is COC1CC(NC2C=CS(=O)(=O)C2)C1. The minimum absolute atomic E-state index is 0.00260. The first kappa shape index (κ1) is 10.1. The molecule has 80 valence electrons. The Bertz CT molecular complexity index is 330. The zero-order valence-corrected chi connectivity index (χ0v) is 8.96. The molecule has 1 fully saturated rings. The van der Waals surface area contributed by atoms with Crippen LogP contribution in [0, 0.1) is 0 Å². The average molecular weight is 217 g/mol. The lowest BCUT2D eigenvalue weighted by Gasteiger charge is -2.36. The summed E-state index contributed by atoms with van der Waals surface area (Å²) in [6.07, 6.45) is 4.06. The Kier molecular flexibility index (Phi) is 2.64. The number of nitrogens with one attached hydrogen (secondary N) is 1. The van der Waals surface area contributed by atoms with Crippen LogP contribution in [-0.4, -0.2) is 39.5 Å². The molecule has 1 N–H and O–H groups in total. The fourth-order valence-corrected chi connectivity index (χ4v) is 3.12. The molecular formula is C9H15NO3S. The highest BCUT2D eigenvalue weighted by molar-refractivity contribution is 7.94. The zero-order chi connectivity index (χ0) is 10.2. The van der Waals surface area contributed by atoms with Crippen molar-refractivity contribution in [3.63, 3.8) is 0 Å². The number of hydrogen-bond acceptors (Lipinski definition) is 4. The van der Waals surface area contributed by atoms with Crippen LogP contribution in [0.5, 0.6) is 0 Å². The molecule has 2 aliphatic rings. The Labute approximate surface area is 84.2 Å². The number of ether oxygens (including phenoxy) is 1. The van der Waals surface area contributed by atoms with Crippen LogP contribution in [0.4, 0.5) is 0 Å². The number of rotatable bonds is 3. The quantitative estimate of drug-likeness (QED) is 0.726. The molecule has 2 rings (SSSR count). The molecule has 4 nitrogen and oxygen atoms in total. The van der Waals surface area contributed by atoms with Crippen LogP contribution in [0.15, 0.2) is 11.5 Å². The van der Waals surface area contributed by atoms with Crippen molar-refractivity contribution in [2.45, 2.75) is 31.0 Å². The summed E-state index contributed by atoms with van der Waals surface area (Å²) in [6.45, 7) is 0. The van der Waals surface area contributed by atoms with Gasteiger partial charge in [-0.15, -0.1) is 0 Å². The van der Waals surface area contributed by atoms with Crippen molar-refractivity contribution in [2.75, 3.05) is 12.9 Å². The fraction of sp³-hybridized carbons (Fsp3) is 0.778. The van der Waals surface area contributed by atoms with E-state index in [-0.39, 0.29) is 11.8 Å². The van der Waals surface area contributed by atoms with E-state index in [1.54, 1.807) is 13.2 Å². The maximum atomic E-state index is 11.1. The van der Waals surface area contributed by atoms with E-state index in [1.807, 2.05) is 0 Å². The molecule has 0 aromatic heterocycles. The molecule has 0 aromatic rings. The summed E-state index contributed by atoms with van der Waals surface area (Å²) in [5.74, 6) is 0.209. The normalized spacial score (nSPS) is 39.6. The van der Waals surface area contributed by atoms with Gasteiger partial charge in [0.05, 0.1) is 11.9 Å². The molecule has 0 radical (unpaired) electrons. The van der Waals surface area contributed by atoms with Gasteiger partial charge in [0.2, 0.25) is 0 Å². The Morgan fingerprint density at radius 2 is 2.14 bits per heavy atom. The molecule has 0 bridgehead atoms. The van der Waals surface area contributed by atoms with Gasteiger partial charge in [-0.05, 0) is 12.8 Å². The standard InChI is InChI=1S/C9H15NO3S/c1-13-9-4-8(5-9)10-7-2-3-14(11,12)6-7/h2-3,7-10H,4-6H2,1H3. The molecular weight excluding hydrogens is 202 g/mol. The van der Waals surface area contributed by atoms with E-state index in [0.717, 1.165) is 12.8 Å². The molecule has 0 aromatic carbocycles. The van der Waals surface area contributed by atoms with Gasteiger partial charge in [0.25, 0.3) is 0 Å². The topological polar surface area (TPSA) is 55.4 Å². The molecule has 1 heterocycles. The molecule has 1 atom stereocenters. The van der Waals surface area contributed by atoms with Gasteiger partial charge in [0, 0.05) is 24.6 Å². The van der Waals surface area contributed by atoms with Gasteiger partial charge < -0.3 is 10.1 Å². The lowest BCUT2D eigenvalue weighted by Crippen LogP contribution is -2.49. The largest absolute Gasteiger partial charge is 0.381 e. The third-order valence-corrected chi connectivity index (χ3v) is 4.20. The summed E-state index contributed by atoms with van der Waals surface area (Å²) in [5, 5.41) is 4.59. The van der Waals surface area contributed by atoms with Crippen LogP contribution in [0.2, 0.25) is 0 Å². The minimum Gasteiger partial charge on any atom is -0.381 e. The number of sulfone groups is 1. The summed E-state index contributed by atoms with van der Waals surface area (Å²) in [4.78, 5) is 0. The number of methoxy groups -OCH3 is 1. The van der Waals surface area contributed by atoms with Gasteiger partial charge in [0.15, 0.2) is 9.84 Å². The molecule has 1 aliphatic heterocycles. The van der Waals surface area contributed by atoms with E-state index in [1.165, 1.54) is 5.41 Å². The van der Waals surface area contributed by atoms with Gasteiger partial charge in [-0.2, -0.15) is 0 Å². The molecule has 1 saturated carbocycles. The highest BCUT2D eigenvalue weighted by Gasteiger charge is 2.32. The lowest BCUT2D eigenvalue weighted by molar-refractivity contribution is 0.0163. The van der Waals surface area contributed by atoms with Crippen molar-refractivity contribution >= 4 is 9.84 Å². The Balaban J connectivity index is 1.77. The molecule has 0 spiro atoms. The maximum absolute atomic E-state index is 11.1. The van der Waals surface area contributed by atoms with Gasteiger partial charge in [-0.3, -0.25) is 0 Å². The van der Waals surface area contributed by atoms with Gasteiger partial charge in [-0.1, -0.05) is 6.08 Å². The van der Waals surface area contributed by atoms with Crippen molar-refractivity contribution in [3.05, 3.63) is 11.5 Å². The highest BCUT2D eigenvalue weighted by Crippen LogP contribution is 2.24. The van der Waals surface area contributed by atoms with Crippen molar-refractivity contribution in [1.29, 1.82) is 0 Å². The van der Waals surface area contributed by atoms with Gasteiger partial charge in [-0.25, -0.2) is 8.42 Å². The van der Waals surface area contributed by atoms with Gasteiger partial charge in [0.1, 0.15) is 0 Å². The van der Waals surface area contributed by atoms with Crippen molar-refractivity contribution in [2.24, 2.45) is 0 Å². The maximum Gasteiger partial charge on any atom is 0.173 e. The van der Waals surface area contributed by atoms with Crippen LogP contribution in [0.3, 0.4) is 0 Å². The third-order valence-electron chi connectivity index (χ3n) is 2.81. The second-order valence-electron chi connectivity index (χ2n) is 3.96. The molecule has 0 amide bonds. The summed E-state index contributed by atoms with van der Waals surface area (Å²) in [5.41, 5.74) is 0. The van der Waals surface area contributed by atoms with E-state index in [9.17, 15) is 8.42 Å². The first-order valence-electron chi connectivity index (χ1n) is 4.79. The fourth-order valence-electron chi connectivity index (χ4n) is 1.88. The molecule has 1 aliphatic carbocycles. The van der Waals surface area contributed by atoms with E-state index >= 15 is 0 Å². The first-order valence-corrected chi connectivity index (χ1v) is 6.50. The van der Waals surface area contributed by atoms with Crippen LogP contribution >= 0.6 is 0 Å². The summed E-state index contributed by atoms with van der Waals surface area (Å²) < 4.78 is 27.3. The van der Waals surface area contributed by atoms with Crippen LogP contribution in [0.25, 0.3) is 0 Å². The van der Waals surface area contributed by atoms with E-state index in [0.29, 0.717) is 12.1 Å². The lowest BCUT2D eigenvalue weighted by atomic mass is 9.89. The average Bonchev–Trinajstić information content (AvgIpc) is 2.37. The third kappa shape index (κ3) is 2.16. The predicted octanol–water partition coefficient (Wildman–Crippen LogP) is 0.0641. The van der Waals surface area contributed by atoms with E-state index in [4.69, 9.17) is 4.74 Å². The summed E-state index contributed by atoms with van der Waals surface area (Å²) >= 11 is 0. The molecule has 5 heteroatoms. The molecule has 1 unspecified atom stereocenters. The highest BCUT2D eigenvalue weighted by atomic mass is 32.2. The Hall–Kier alpha value is -0.390. The second-order valence-corrected chi connectivity index (χ2v) is 5.89. The van der Waals surface area contributed by atoms with Gasteiger partial charge >= 0.3 is 0 Å². The monoisotopic (exact) mass is 217 g/mol. The van der Waals surface area contributed by atoms with E-state index < -0.39 is 9.84 Å². The van der Waals surface area contributed by atoms with Crippen LogP contribution in [0.1, 0.15) is 12.8 Å². The van der Waals surface area contributed by atoms with Crippen molar-refractivity contribution < 1.29 is 13.2 Å². The van der Waals surface area contributed by atoms with Crippen molar-refractivity contribution in [1.82, 2.24) is 5.32 Å². The predicted molar refractivity (Wildman–Crippen MR) is 53.7 cm³/mol. The minimum atomic E-state index is -2.92. The number of hydrogen-bond donors (Lipinski definition) is 1. The second kappa shape index (κ2) is 3.64. The smallest absolute Gasteiger partial charge is 0.173 e. The van der Waals surface area contributed by atoms with Crippen LogP contribution < -0.4 is 5.32 Å². The summed E-state index contributed by atoms with van der Waals surface area (Å²) in [6, 6.07) is 0.422. The summed E-state index contributed by atoms with van der Waals surface area (Å²) in [7, 11) is -1.21. The zero-order valence-electron chi connectivity index (χ0n) is 8.14. The Morgan fingerprint density at radius 1 is 1.43 bits per heavy atom. The first-order chi connectivity index (χ1) is 6.59. The molecule has 0 saturated heterocycles. The van der Waals surface area contributed by atoms with Crippen molar-refractivity contribution in [3.8, 4) is 0 Å². The van der Waals surface area contributed by atoms with Crippen LogP contribution in [-0.2, 0) is 14.6 Å².